The van der Waals surface area contributed by atoms with Gasteiger partial charge in [-0.2, -0.15) is 0 Å². The van der Waals surface area contributed by atoms with Crippen LogP contribution in [0, 0.1) is 11.3 Å². The van der Waals surface area contributed by atoms with Crippen molar-refractivity contribution < 1.29 is 4.79 Å². The Balaban J connectivity index is 2.10. The van der Waals surface area contributed by atoms with Crippen molar-refractivity contribution in [3.63, 3.8) is 0 Å². The Morgan fingerprint density at radius 3 is 2.42 bits per heavy atom. The van der Waals surface area contributed by atoms with E-state index >= 15 is 0 Å². The van der Waals surface area contributed by atoms with Crippen LogP contribution in [0.5, 0.6) is 0 Å². The predicted molar refractivity (Wildman–Crippen MR) is 49.8 cm³/mol. The highest BCUT2D eigenvalue weighted by Crippen LogP contribution is 2.27. The summed E-state index contributed by atoms with van der Waals surface area (Å²) >= 11 is 0. The second kappa shape index (κ2) is 3.46. The van der Waals surface area contributed by atoms with Crippen LogP contribution in [0.3, 0.4) is 0 Å². The largest absolute Gasteiger partial charge is 0.356 e. The molecule has 0 heterocycles. The molecule has 0 aromatic heterocycles. The highest BCUT2D eigenvalue weighted by atomic mass is 16.1. The van der Waals surface area contributed by atoms with Crippen LogP contribution >= 0.6 is 0 Å². The van der Waals surface area contributed by atoms with Crippen LogP contribution in [-0.2, 0) is 4.79 Å². The number of hydrogen-bond donors (Lipinski definition) is 1. The third-order valence-electron chi connectivity index (χ3n) is 1.98. The smallest absolute Gasteiger partial charge is 0.220 e. The maximum absolute atomic E-state index is 11.3. The molecule has 1 saturated carbocycles. The number of carbonyl (C=O) groups excluding carboxylic acids is 1. The first-order valence-corrected chi connectivity index (χ1v) is 4.74. The first-order valence-electron chi connectivity index (χ1n) is 4.74. The van der Waals surface area contributed by atoms with Gasteiger partial charge in [-0.15, -0.1) is 0 Å². The number of amides is 1. The fourth-order valence-electron chi connectivity index (χ4n) is 1.12. The second-order valence-corrected chi connectivity index (χ2v) is 4.98. The predicted octanol–water partition coefficient (Wildman–Crippen LogP) is 1.95. The zero-order valence-corrected chi connectivity index (χ0v) is 8.31. The lowest BCUT2D eigenvalue weighted by Gasteiger charge is -2.17. The lowest BCUT2D eigenvalue weighted by Crippen LogP contribution is -2.29. The third kappa shape index (κ3) is 4.37. The van der Waals surface area contributed by atoms with Gasteiger partial charge in [0.15, 0.2) is 0 Å². The normalized spacial score (nSPS) is 17.6. The minimum Gasteiger partial charge on any atom is -0.356 e. The zero-order valence-electron chi connectivity index (χ0n) is 8.31. The molecule has 1 amide bonds. The molecule has 12 heavy (non-hydrogen) atoms. The first kappa shape index (κ1) is 9.56. The fraction of sp³-hybridized carbons (Fsp3) is 0.900. The molecule has 0 aromatic rings. The number of nitrogens with one attached hydrogen (secondary N) is 1. The summed E-state index contributed by atoms with van der Waals surface area (Å²) in [6, 6.07) is 0. The van der Waals surface area contributed by atoms with Gasteiger partial charge in [0.1, 0.15) is 0 Å². The Morgan fingerprint density at radius 2 is 2.00 bits per heavy atom. The molecule has 0 atom stereocenters. The average Bonchev–Trinajstić information content (AvgIpc) is 2.61. The molecule has 1 aliphatic carbocycles. The van der Waals surface area contributed by atoms with E-state index in [1.807, 2.05) is 0 Å². The van der Waals surface area contributed by atoms with Gasteiger partial charge in [-0.1, -0.05) is 20.8 Å². The molecule has 0 spiro atoms. The molecule has 1 N–H and O–H groups in total. The molecule has 1 fully saturated rings. The van der Waals surface area contributed by atoms with Crippen molar-refractivity contribution in [2.75, 3.05) is 6.54 Å². The maximum Gasteiger partial charge on any atom is 0.220 e. The number of hydrogen-bond acceptors (Lipinski definition) is 1. The number of rotatable bonds is 3. The van der Waals surface area contributed by atoms with Crippen LogP contribution in [0.4, 0.5) is 0 Å². The third-order valence-corrected chi connectivity index (χ3v) is 1.98. The first-order chi connectivity index (χ1) is 5.47. The summed E-state index contributed by atoms with van der Waals surface area (Å²) in [5, 5.41) is 2.96. The summed E-state index contributed by atoms with van der Waals surface area (Å²) in [6.07, 6.45) is 3.24. The van der Waals surface area contributed by atoms with Gasteiger partial charge >= 0.3 is 0 Å². The fourth-order valence-corrected chi connectivity index (χ4v) is 1.12. The van der Waals surface area contributed by atoms with Gasteiger partial charge < -0.3 is 5.32 Å². The van der Waals surface area contributed by atoms with Crippen LogP contribution in [0.25, 0.3) is 0 Å². The Kier molecular flexibility index (Phi) is 2.76. The van der Waals surface area contributed by atoms with E-state index in [1.54, 1.807) is 0 Å². The van der Waals surface area contributed by atoms with Crippen molar-refractivity contribution >= 4 is 5.91 Å². The van der Waals surface area contributed by atoms with E-state index in [4.69, 9.17) is 0 Å². The van der Waals surface area contributed by atoms with E-state index in [0.717, 1.165) is 12.5 Å². The highest BCUT2D eigenvalue weighted by molar-refractivity contribution is 5.76. The van der Waals surface area contributed by atoms with Gasteiger partial charge in [-0.25, -0.2) is 0 Å². The molecule has 0 unspecified atom stereocenters. The molecular formula is C10H19NO. The monoisotopic (exact) mass is 169 g/mol. The maximum atomic E-state index is 11.3. The summed E-state index contributed by atoms with van der Waals surface area (Å²) in [7, 11) is 0. The molecule has 1 aliphatic rings. The number of carbonyl (C=O) groups is 1. The molecule has 2 heteroatoms. The van der Waals surface area contributed by atoms with Gasteiger partial charge in [0.2, 0.25) is 5.91 Å². The summed E-state index contributed by atoms with van der Waals surface area (Å²) in [5.74, 6) is 0.989. The van der Waals surface area contributed by atoms with E-state index in [1.165, 1.54) is 12.8 Å². The molecule has 70 valence electrons. The summed E-state index contributed by atoms with van der Waals surface area (Å²) in [5.41, 5.74) is 0.119. The zero-order chi connectivity index (χ0) is 9.19. The Labute approximate surface area is 74.7 Å². The van der Waals surface area contributed by atoms with E-state index < -0.39 is 0 Å². The molecule has 0 saturated heterocycles. The summed E-state index contributed by atoms with van der Waals surface area (Å²) < 4.78 is 0. The Bertz CT molecular complexity index is 165. The quantitative estimate of drug-likeness (QED) is 0.687. The van der Waals surface area contributed by atoms with Crippen molar-refractivity contribution in [1.82, 2.24) is 5.32 Å². The van der Waals surface area contributed by atoms with Gasteiger partial charge in [0, 0.05) is 13.0 Å². The Hall–Kier alpha value is -0.530. The van der Waals surface area contributed by atoms with Crippen LogP contribution in [0.2, 0.25) is 0 Å². The van der Waals surface area contributed by atoms with Gasteiger partial charge in [0.05, 0.1) is 0 Å². The van der Waals surface area contributed by atoms with Gasteiger partial charge in [-0.05, 0) is 24.2 Å². The van der Waals surface area contributed by atoms with E-state index in [9.17, 15) is 4.79 Å². The lowest BCUT2D eigenvalue weighted by atomic mass is 9.92. The summed E-state index contributed by atoms with van der Waals surface area (Å²) in [6.45, 7) is 7.16. The van der Waals surface area contributed by atoms with E-state index in [-0.39, 0.29) is 11.3 Å². The van der Waals surface area contributed by atoms with E-state index in [0.29, 0.717) is 6.42 Å². The van der Waals surface area contributed by atoms with Crippen LogP contribution in [0.1, 0.15) is 40.0 Å². The molecule has 0 radical (unpaired) electrons. The summed E-state index contributed by atoms with van der Waals surface area (Å²) in [4.78, 5) is 11.3. The standard InChI is InChI=1S/C10H19NO/c1-10(2,3)6-9(12)11-7-8-4-5-8/h8H,4-7H2,1-3H3,(H,11,12). The average molecular weight is 169 g/mol. The van der Waals surface area contributed by atoms with Crippen LogP contribution in [0.15, 0.2) is 0 Å². The Morgan fingerprint density at radius 1 is 1.42 bits per heavy atom. The topological polar surface area (TPSA) is 29.1 Å². The highest BCUT2D eigenvalue weighted by Gasteiger charge is 2.22. The molecule has 2 nitrogen and oxygen atoms in total. The van der Waals surface area contributed by atoms with Crippen molar-refractivity contribution in [3.05, 3.63) is 0 Å². The molecule has 1 rings (SSSR count). The van der Waals surface area contributed by atoms with Crippen LogP contribution in [-0.4, -0.2) is 12.5 Å². The minimum absolute atomic E-state index is 0.119. The van der Waals surface area contributed by atoms with Crippen molar-refractivity contribution in [1.29, 1.82) is 0 Å². The second-order valence-electron chi connectivity index (χ2n) is 4.98. The van der Waals surface area contributed by atoms with E-state index in [2.05, 4.69) is 26.1 Å². The van der Waals surface area contributed by atoms with Crippen LogP contribution < -0.4 is 5.32 Å². The van der Waals surface area contributed by atoms with Gasteiger partial charge in [0.25, 0.3) is 0 Å². The molecule has 0 aliphatic heterocycles. The molecular weight excluding hydrogens is 150 g/mol. The molecule has 0 bridgehead atoms. The van der Waals surface area contributed by atoms with Crippen molar-refractivity contribution in [3.8, 4) is 0 Å². The lowest BCUT2D eigenvalue weighted by molar-refractivity contribution is -0.122. The SMILES string of the molecule is CC(C)(C)CC(=O)NCC1CC1. The van der Waals surface area contributed by atoms with Gasteiger partial charge in [-0.3, -0.25) is 4.79 Å². The van der Waals surface area contributed by atoms with Crippen molar-refractivity contribution in [2.45, 2.75) is 40.0 Å². The molecule has 0 aromatic carbocycles. The van der Waals surface area contributed by atoms with Crippen molar-refractivity contribution in [2.24, 2.45) is 11.3 Å². The minimum atomic E-state index is 0.119.